The number of piperazine rings is 1. The van der Waals surface area contributed by atoms with Gasteiger partial charge in [0.1, 0.15) is 0 Å². The lowest BCUT2D eigenvalue weighted by atomic mass is 10.1. The maximum absolute atomic E-state index is 11.9. The fraction of sp³-hybridized carbons (Fsp3) is 0.500. The summed E-state index contributed by atoms with van der Waals surface area (Å²) in [6, 6.07) is 9.95. The lowest BCUT2D eigenvalue weighted by Crippen LogP contribution is -2.49. The number of hydrogen-bond acceptors (Lipinski definition) is 3. The van der Waals surface area contributed by atoms with Crippen LogP contribution in [-0.2, 0) is 11.3 Å². The topological polar surface area (TPSA) is 47.3 Å². The van der Waals surface area contributed by atoms with Crippen molar-refractivity contribution in [2.24, 2.45) is 5.92 Å². The van der Waals surface area contributed by atoms with Crippen molar-refractivity contribution in [1.82, 2.24) is 9.80 Å². The van der Waals surface area contributed by atoms with Crippen molar-refractivity contribution in [2.45, 2.75) is 20.4 Å². The molecular weight excluding hydrogens is 250 g/mol. The van der Waals surface area contributed by atoms with Crippen molar-refractivity contribution >= 4 is 5.91 Å². The molecule has 1 saturated heterocycles. The molecule has 1 amide bonds. The molecule has 1 aliphatic rings. The zero-order chi connectivity index (χ0) is 14.5. The molecule has 0 bridgehead atoms. The molecule has 106 valence electrons. The quantitative estimate of drug-likeness (QED) is 0.843. The van der Waals surface area contributed by atoms with E-state index in [4.69, 9.17) is 5.26 Å². The van der Waals surface area contributed by atoms with Crippen LogP contribution in [0.15, 0.2) is 24.3 Å². The van der Waals surface area contributed by atoms with Crippen LogP contribution in [0.5, 0.6) is 0 Å². The average Bonchev–Trinajstić information content (AvgIpc) is 2.48. The summed E-state index contributed by atoms with van der Waals surface area (Å²) in [7, 11) is 0. The van der Waals surface area contributed by atoms with Crippen LogP contribution in [0.2, 0.25) is 0 Å². The van der Waals surface area contributed by atoms with Gasteiger partial charge in [-0.05, 0) is 11.6 Å². The van der Waals surface area contributed by atoms with Crippen LogP contribution in [0, 0.1) is 17.2 Å². The zero-order valence-electron chi connectivity index (χ0n) is 12.2. The van der Waals surface area contributed by atoms with Crippen molar-refractivity contribution in [2.75, 3.05) is 26.2 Å². The monoisotopic (exact) mass is 271 g/mol. The molecule has 0 atom stereocenters. The van der Waals surface area contributed by atoms with Gasteiger partial charge in [0.05, 0.1) is 11.6 Å². The van der Waals surface area contributed by atoms with E-state index in [-0.39, 0.29) is 11.8 Å². The SMILES string of the molecule is CC(C)C(=O)N1CCN(Cc2ccccc2C#N)CC1. The second-order valence-electron chi connectivity index (χ2n) is 5.53. The fourth-order valence-electron chi connectivity index (χ4n) is 2.50. The Morgan fingerprint density at radius 3 is 2.50 bits per heavy atom. The molecule has 0 unspecified atom stereocenters. The maximum atomic E-state index is 11.9. The minimum Gasteiger partial charge on any atom is -0.340 e. The van der Waals surface area contributed by atoms with Crippen LogP contribution >= 0.6 is 0 Å². The predicted molar refractivity (Wildman–Crippen MR) is 77.9 cm³/mol. The summed E-state index contributed by atoms with van der Waals surface area (Å²) >= 11 is 0. The Morgan fingerprint density at radius 1 is 1.25 bits per heavy atom. The Bertz CT molecular complexity index is 511. The minimum atomic E-state index is 0.0702. The van der Waals surface area contributed by atoms with Crippen molar-refractivity contribution < 1.29 is 4.79 Å². The normalized spacial score (nSPS) is 16.2. The third kappa shape index (κ3) is 3.37. The van der Waals surface area contributed by atoms with Gasteiger partial charge in [-0.15, -0.1) is 0 Å². The number of carbonyl (C=O) groups is 1. The highest BCUT2D eigenvalue weighted by Gasteiger charge is 2.23. The molecule has 0 aromatic heterocycles. The van der Waals surface area contributed by atoms with Gasteiger partial charge in [-0.1, -0.05) is 32.0 Å². The van der Waals surface area contributed by atoms with Gasteiger partial charge >= 0.3 is 0 Å². The molecule has 2 rings (SSSR count). The summed E-state index contributed by atoms with van der Waals surface area (Å²) in [5.41, 5.74) is 1.81. The highest BCUT2D eigenvalue weighted by Crippen LogP contribution is 2.13. The number of nitrogens with zero attached hydrogens (tertiary/aromatic N) is 3. The van der Waals surface area contributed by atoms with Gasteiger partial charge in [0.2, 0.25) is 5.91 Å². The number of rotatable bonds is 3. The molecule has 0 aliphatic carbocycles. The summed E-state index contributed by atoms with van der Waals surface area (Å²) in [4.78, 5) is 16.2. The number of amides is 1. The molecule has 20 heavy (non-hydrogen) atoms. The molecule has 1 aromatic rings. The molecule has 1 aromatic carbocycles. The Kier molecular flexibility index (Phi) is 4.75. The molecule has 1 fully saturated rings. The zero-order valence-corrected chi connectivity index (χ0v) is 12.2. The third-order valence-corrected chi connectivity index (χ3v) is 3.71. The van der Waals surface area contributed by atoms with E-state index in [0.29, 0.717) is 0 Å². The smallest absolute Gasteiger partial charge is 0.225 e. The first kappa shape index (κ1) is 14.5. The van der Waals surface area contributed by atoms with Gasteiger partial charge in [0, 0.05) is 38.6 Å². The number of benzene rings is 1. The molecule has 0 radical (unpaired) electrons. The minimum absolute atomic E-state index is 0.0702. The Balaban J connectivity index is 1.92. The summed E-state index contributed by atoms with van der Waals surface area (Å²) in [5.74, 6) is 0.308. The van der Waals surface area contributed by atoms with Crippen LogP contribution in [0.25, 0.3) is 0 Å². The molecule has 1 aliphatic heterocycles. The standard InChI is InChI=1S/C16H21N3O/c1-13(2)16(20)19-9-7-18(8-10-19)12-15-6-4-3-5-14(15)11-17/h3-6,13H,7-10,12H2,1-2H3. The van der Waals surface area contributed by atoms with Crippen molar-refractivity contribution in [3.8, 4) is 6.07 Å². The van der Waals surface area contributed by atoms with Crippen LogP contribution in [-0.4, -0.2) is 41.9 Å². The first-order valence-corrected chi connectivity index (χ1v) is 7.11. The first-order valence-electron chi connectivity index (χ1n) is 7.11. The summed E-state index contributed by atoms with van der Waals surface area (Å²) in [6.45, 7) is 7.98. The third-order valence-electron chi connectivity index (χ3n) is 3.71. The molecule has 0 saturated carbocycles. The summed E-state index contributed by atoms with van der Waals surface area (Å²) < 4.78 is 0. The van der Waals surface area contributed by atoms with E-state index in [1.807, 2.05) is 43.0 Å². The lowest BCUT2D eigenvalue weighted by Gasteiger charge is -2.35. The molecule has 0 spiro atoms. The highest BCUT2D eigenvalue weighted by atomic mass is 16.2. The van der Waals surface area contributed by atoms with Crippen LogP contribution < -0.4 is 0 Å². The Labute approximate surface area is 120 Å². The van der Waals surface area contributed by atoms with Gasteiger partial charge in [-0.25, -0.2) is 0 Å². The maximum Gasteiger partial charge on any atom is 0.225 e. The highest BCUT2D eigenvalue weighted by molar-refractivity contribution is 5.78. The van der Waals surface area contributed by atoms with Gasteiger partial charge in [0.15, 0.2) is 0 Å². The fourth-order valence-corrected chi connectivity index (χ4v) is 2.50. The average molecular weight is 271 g/mol. The molecule has 4 heteroatoms. The van der Waals surface area contributed by atoms with E-state index in [0.717, 1.165) is 43.9 Å². The van der Waals surface area contributed by atoms with E-state index < -0.39 is 0 Å². The lowest BCUT2D eigenvalue weighted by molar-refractivity contribution is -0.136. The van der Waals surface area contributed by atoms with Gasteiger partial charge in [-0.3, -0.25) is 9.69 Å². The second-order valence-corrected chi connectivity index (χ2v) is 5.53. The van der Waals surface area contributed by atoms with Crippen LogP contribution in [0.1, 0.15) is 25.0 Å². The summed E-state index contributed by atoms with van der Waals surface area (Å²) in [6.07, 6.45) is 0. The molecule has 0 N–H and O–H groups in total. The Morgan fingerprint density at radius 2 is 1.90 bits per heavy atom. The summed E-state index contributed by atoms with van der Waals surface area (Å²) in [5, 5.41) is 9.10. The van der Waals surface area contributed by atoms with E-state index in [1.165, 1.54) is 0 Å². The van der Waals surface area contributed by atoms with Crippen molar-refractivity contribution in [1.29, 1.82) is 5.26 Å². The Hall–Kier alpha value is -1.86. The number of carbonyl (C=O) groups excluding carboxylic acids is 1. The first-order chi connectivity index (χ1) is 9.61. The number of hydrogen-bond donors (Lipinski definition) is 0. The van der Waals surface area contributed by atoms with Gasteiger partial charge in [0.25, 0.3) is 0 Å². The van der Waals surface area contributed by atoms with E-state index >= 15 is 0 Å². The van der Waals surface area contributed by atoms with Gasteiger partial charge < -0.3 is 4.90 Å². The van der Waals surface area contributed by atoms with Crippen molar-refractivity contribution in [3.05, 3.63) is 35.4 Å². The second kappa shape index (κ2) is 6.53. The molecular formula is C16H21N3O. The van der Waals surface area contributed by atoms with Gasteiger partial charge in [-0.2, -0.15) is 5.26 Å². The largest absolute Gasteiger partial charge is 0.340 e. The number of nitriles is 1. The molecule has 4 nitrogen and oxygen atoms in total. The van der Waals surface area contributed by atoms with Crippen LogP contribution in [0.3, 0.4) is 0 Å². The van der Waals surface area contributed by atoms with Crippen LogP contribution in [0.4, 0.5) is 0 Å². The predicted octanol–water partition coefficient (Wildman–Crippen LogP) is 1.86. The van der Waals surface area contributed by atoms with E-state index in [9.17, 15) is 4.79 Å². The van der Waals surface area contributed by atoms with E-state index in [1.54, 1.807) is 0 Å². The van der Waals surface area contributed by atoms with E-state index in [2.05, 4.69) is 11.0 Å². The van der Waals surface area contributed by atoms with Crippen molar-refractivity contribution in [3.63, 3.8) is 0 Å². The molecule has 1 heterocycles.